The largest absolute Gasteiger partial charge is 0.379 e. The molecular weight excluding hydrogens is 386 g/mol. The van der Waals surface area contributed by atoms with Crippen LogP contribution in [0.2, 0.25) is 0 Å². The topological polar surface area (TPSA) is 55.2 Å². The van der Waals surface area contributed by atoms with Crippen molar-refractivity contribution in [2.45, 2.75) is 12.8 Å². The Labute approximate surface area is 135 Å². The van der Waals surface area contributed by atoms with Crippen LogP contribution in [0, 0.1) is 19.5 Å². The van der Waals surface area contributed by atoms with Gasteiger partial charge in [0, 0.05) is 18.7 Å². The molecule has 6 heteroatoms. The first-order chi connectivity index (χ1) is 9.99. The van der Waals surface area contributed by atoms with Gasteiger partial charge < -0.3 is 5.32 Å². The highest BCUT2D eigenvalue weighted by Gasteiger charge is 2.18. The maximum atomic E-state index is 13.6. The molecule has 0 aromatic heterocycles. The van der Waals surface area contributed by atoms with E-state index in [1.165, 1.54) is 12.1 Å². The smallest absolute Gasteiger partial charge is 0.293 e. The second-order valence-electron chi connectivity index (χ2n) is 4.73. The van der Waals surface area contributed by atoms with E-state index in [9.17, 15) is 14.5 Å². The highest BCUT2D eigenvalue weighted by Crippen LogP contribution is 2.29. The van der Waals surface area contributed by atoms with Gasteiger partial charge in [-0.15, -0.1) is 0 Å². The molecule has 1 unspecified atom stereocenters. The molecule has 0 saturated carbocycles. The maximum absolute atomic E-state index is 13.6. The van der Waals surface area contributed by atoms with Crippen LogP contribution in [0.15, 0.2) is 42.5 Å². The van der Waals surface area contributed by atoms with E-state index in [0.717, 1.165) is 5.56 Å². The highest BCUT2D eigenvalue weighted by atomic mass is 127. The van der Waals surface area contributed by atoms with Crippen LogP contribution in [-0.4, -0.2) is 11.5 Å². The zero-order valence-corrected chi connectivity index (χ0v) is 13.5. The van der Waals surface area contributed by atoms with Crippen LogP contribution in [0.1, 0.15) is 18.4 Å². The Bertz CT molecular complexity index is 650. The summed E-state index contributed by atoms with van der Waals surface area (Å²) in [5, 5.41) is 14.0. The fourth-order valence-electron chi connectivity index (χ4n) is 1.99. The Morgan fingerprint density at radius 3 is 2.62 bits per heavy atom. The number of nitro benzene ring substituents is 1. The summed E-state index contributed by atoms with van der Waals surface area (Å²) in [5.74, 6) is -0.302. The third-order valence-corrected chi connectivity index (χ3v) is 4.03. The van der Waals surface area contributed by atoms with Crippen molar-refractivity contribution in [3.8, 4) is 0 Å². The monoisotopic (exact) mass is 400 g/mol. The summed E-state index contributed by atoms with van der Waals surface area (Å²) < 4.78 is 13.8. The first-order valence-electron chi connectivity index (χ1n) is 6.41. The van der Waals surface area contributed by atoms with Crippen molar-refractivity contribution in [3.05, 3.63) is 67.5 Å². The van der Waals surface area contributed by atoms with Gasteiger partial charge in [-0.05, 0) is 34.1 Å². The minimum Gasteiger partial charge on any atom is -0.379 e. The number of rotatable bonds is 5. The SMILES string of the molecule is CC(CNc1cc(F)c(I)cc1[N+](=O)[O-])c1ccccc1. The number of anilines is 1. The second-order valence-corrected chi connectivity index (χ2v) is 5.90. The molecule has 21 heavy (non-hydrogen) atoms. The predicted molar refractivity (Wildman–Crippen MR) is 89.1 cm³/mol. The summed E-state index contributed by atoms with van der Waals surface area (Å²) >= 11 is 1.74. The summed E-state index contributed by atoms with van der Waals surface area (Å²) in [6, 6.07) is 12.2. The van der Waals surface area contributed by atoms with Crippen molar-refractivity contribution in [2.75, 3.05) is 11.9 Å². The van der Waals surface area contributed by atoms with E-state index in [2.05, 4.69) is 5.32 Å². The number of nitrogens with zero attached hydrogens (tertiary/aromatic N) is 1. The van der Waals surface area contributed by atoms with E-state index in [-0.39, 0.29) is 20.9 Å². The van der Waals surface area contributed by atoms with E-state index in [0.29, 0.717) is 6.54 Å². The van der Waals surface area contributed by atoms with Crippen LogP contribution in [0.25, 0.3) is 0 Å². The number of hydrogen-bond acceptors (Lipinski definition) is 3. The van der Waals surface area contributed by atoms with Gasteiger partial charge in [-0.1, -0.05) is 37.3 Å². The standard InChI is InChI=1S/C15H14FIN2O2/c1-10(11-5-3-2-4-6-11)9-18-14-7-12(16)13(17)8-15(14)19(20)21/h2-8,10,18H,9H2,1H3. The Hall–Kier alpha value is -1.70. The summed E-state index contributed by atoms with van der Waals surface area (Å²) in [4.78, 5) is 10.5. The lowest BCUT2D eigenvalue weighted by Gasteiger charge is -2.14. The molecule has 0 fully saturated rings. The Kier molecular flexibility index (Phi) is 5.11. The van der Waals surface area contributed by atoms with Crippen LogP contribution in [-0.2, 0) is 0 Å². The lowest BCUT2D eigenvalue weighted by Crippen LogP contribution is -2.11. The zero-order chi connectivity index (χ0) is 15.4. The van der Waals surface area contributed by atoms with Crippen LogP contribution < -0.4 is 5.32 Å². The summed E-state index contributed by atoms with van der Waals surface area (Å²) in [6.07, 6.45) is 0. The van der Waals surface area contributed by atoms with Gasteiger partial charge in [-0.3, -0.25) is 10.1 Å². The molecule has 2 aromatic carbocycles. The molecule has 0 amide bonds. The van der Waals surface area contributed by atoms with E-state index in [4.69, 9.17) is 0 Å². The molecule has 0 bridgehead atoms. The van der Waals surface area contributed by atoms with Gasteiger partial charge in [0.25, 0.3) is 5.69 Å². The minimum absolute atomic E-state index is 0.110. The number of halogens is 2. The van der Waals surface area contributed by atoms with Gasteiger partial charge >= 0.3 is 0 Å². The Morgan fingerprint density at radius 1 is 1.33 bits per heavy atom. The molecule has 2 aromatic rings. The summed E-state index contributed by atoms with van der Waals surface area (Å²) in [5.41, 5.74) is 1.22. The van der Waals surface area contributed by atoms with Crippen molar-refractivity contribution >= 4 is 34.0 Å². The molecule has 0 aliphatic rings. The molecule has 1 N–H and O–H groups in total. The van der Waals surface area contributed by atoms with E-state index in [1.54, 1.807) is 22.6 Å². The molecule has 2 rings (SSSR count). The number of benzene rings is 2. The molecule has 110 valence electrons. The molecular formula is C15H14FIN2O2. The first-order valence-corrected chi connectivity index (χ1v) is 7.49. The zero-order valence-electron chi connectivity index (χ0n) is 11.3. The van der Waals surface area contributed by atoms with E-state index in [1.807, 2.05) is 37.3 Å². The van der Waals surface area contributed by atoms with Gasteiger partial charge in [0.1, 0.15) is 11.5 Å². The third-order valence-electron chi connectivity index (χ3n) is 3.20. The number of nitrogens with one attached hydrogen (secondary N) is 1. The van der Waals surface area contributed by atoms with Crippen molar-refractivity contribution in [1.82, 2.24) is 0 Å². The molecule has 0 saturated heterocycles. The van der Waals surface area contributed by atoms with Crippen molar-refractivity contribution in [3.63, 3.8) is 0 Å². The molecule has 0 aliphatic carbocycles. The van der Waals surface area contributed by atoms with Crippen LogP contribution in [0.5, 0.6) is 0 Å². The molecule has 0 spiro atoms. The normalized spacial score (nSPS) is 12.0. The lowest BCUT2D eigenvalue weighted by molar-refractivity contribution is -0.384. The molecule has 0 aliphatic heterocycles. The molecule has 4 nitrogen and oxygen atoms in total. The highest BCUT2D eigenvalue weighted by molar-refractivity contribution is 14.1. The Morgan fingerprint density at radius 2 is 2.00 bits per heavy atom. The third kappa shape index (κ3) is 3.90. The van der Waals surface area contributed by atoms with E-state index < -0.39 is 10.7 Å². The number of hydrogen-bond donors (Lipinski definition) is 1. The van der Waals surface area contributed by atoms with Gasteiger partial charge in [-0.2, -0.15) is 0 Å². The van der Waals surface area contributed by atoms with Gasteiger partial charge in [0.15, 0.2) is 0 Å². The average molecular weight is 400 g/mol. The number of nitro groups is 1. The van der Waals surface area contributed by atoms with Crippen LogP contribution in [0.3, 0.4) is 0 Å². The van der Waals surface area contributed by atoms with Crippen molar-refractivity contribution in [2.24, 2.45) is 0 Å². The molecule has 0 radical (unpaired) electrons. The van der Waals surface area contributed by atoms with Crippen LogP contribution >= 0.6 is 22.6 Å². The molecule has 0 heterocycles. The van der Waals surface area contributed by atoms with Gasteiger partial charge in [-0.25, -0.2) is 4.39 Å². The van der Waals surface area contributed by atoms with Gasteiger partial charge in [0.05, 0.1) is 8.49 Å². The van der Waals surface area contributed by atoms with Gasteiger partial charge in [0.2, 0.25) is 0 Å². The summed E-state index contributed by atoms with van der Waals surface area (Å²) in [7, 11) is 0. The average Bonchev–Trinajstić information content (AvgIpc) is 2.48. The van der Waals surface area contributed by atoms with E-state index >= 15 is 0 Å². The lowest BCUT2D eigenvalue weighted by atomic mass is 10.0. The fraction of sp³-hybridized carbons (Fsp3) is 0.200. The van der Waals surface area contributed by atoms with Crippen LogP contribution in [0.4, 0.5) is 15.8 Å². The predicted octanol–water partition coefficient (Wildman–Crippen LogP) is 4.55. The summed E-state index contributed by atoms with van der Waals surface area (Å²) in [6.45, 7) is 2.50. The Balaban J connectivity index is 2.16. The maximum Gasteiger partial charge on any atom is 0.293 e. The second kappa shape index (κ2) is 6.84. The fourth-order valence-corrected chi connectivity index (χ4v) is 2.44. The van der Waals surface area contributed by atoms with Crippen molar-refractivity contribution < 1.29 is 9.31 Å². The minimum atomic E-state index is -0.503. The first kappa shape index (κ1) is 15.7. The quantitative estimate of drug-likeness (QED) is 0.455. The van der Waals surface area contributed by atoms with Crippen molar-refractivity contribution in [1.29, 1.82) is 0 Å². The molecule has 1 atom stereocenters.